The van der Waals surface area contributed by atoms with Gasteiger partial charge in [-0.3, -0.25) is 0 Å². The van der Waals surface area contributed by atoms with Gasteiger partial charge in [0, 0.05) is 31.4 Å². The molecular weight excluding hydrogens is 348 g/mol. The standard InChI is InChI=1S/C24H32N2O2/c1-2-3-4-5-9-16-25-24(27)28-22-15-14-21-13-10-17-26(23(21)18-22)19-20-11-7-6-8-12-20/h6-8,11-12,14-15,18H,2-5,9-10,13,16-17,19H2,1H3,(H,25,27). The van der Waals surface area contributed by atoms with Gasteiger partial charge in [0.15, 0.2) is 0 Å². The summed E-state index contributed by atoms with van der Waals surface area (Å²) in [6.07, 6.45) is 7.75. The van der Waals surface area contributed by atoms with Crippen LogP contribution < -0.4 is 15.0 Å². The lowest BCUT2D eigenvalue weighted by Crippen LogP contribution is -2.30. The highest BCUT2D eigenvalue weighted by Gasteiger charge is 2.18. The number of carbonyl (C=O) groups is 1. The summed E-state index contributed by atoms with van der Waals surface area (Å²) in [6, 6.07) is 16.5. The number of nitrogens with zero attached hydrogens (tertiary/aromatic N) is 1. The zero-order chi connectivity index (χ0) is 19.6. The number of rotatable bonds is 9. The molecular formula is C24H32N2O2. The van der Waals surface area contributed by atoms with E-state index in [4.69, 9.17) is 4.74 Å². The van der Waals surface area contributed by atoms with Gasteiger partial charge < -0.3 is 15.0 Å². The molecule has 4 heteroatoms. The van der Waals surface area contributed by atoms with E-state index in [1.165, 1.54) is 36.1 Å². The maximum absolute atomic E-state index is 12.1. The lowest BCUT2D eigenvalue weighted by molar-refractivity contribution is 0.200. The molecule has 1 amide bonds. The zero-order valence-electron chi connectivity index (χ0n) is 17.0. The fourth-order valence-corrected chi connectivity index (χ4v) is 3.72. The normalized spacial score (nSPS) is 13.1. The van der Waals surface area contributed by atoms with Crippen LogP contribution in [-0.2, 0) is 13.0 Å². The van der Waals surface area contributed by atoms with Gasteiger partial charge in [0.25, 0.3) is 0 Å². The number of nitrogens with one attached hydrogen (secondary N) is 1. The Morgan fingerprint density at radius 2 is 1.89 bits per heavy atom. The Morgan fingerprint density at radius 1 is 1.07 bits per heavy atom. The summed E-state index contributed by atoms with van der Waals surface area (Å²) in [4.78, 5) is 14.5. The number of carbonyl (C=O) groups excluding carboxylic acids is 1. The summed E-state index contributed by atoms with van der Waals surface area (Å²) in [5.74, 6) is 0.613. The van der Waals surface area contributed by atoms with Crippen LogP contribution in [0.4, 0.5) is 10.5 Å². The smallest absolute Gasteiger partial charge is 0.410 e. The topological polar surface area (TPSA) is 41.6 Å². The van der Waals surface area contributed by atoms with Gasteiger partial charge in [0.2, 0.25) is 0 Å². The fraction of sp³-hybridized carbons (Fsp3) is 0.458. The van der Waals surface area contributed by atoms with Crippen LogP contribution in [0, 0.1) is 0 Å². The first-order chi connectivity index (χ1) is 13.8. The monoisotopic (exact) mass is 380 g/mol. The molecule has 0 radical (unpaired) electrons. The lowest BCUT2D eigenvalue weighted by Gasteiger charge is -2.31. The number of ether oxygens (including phenoxy) is 1. The Labute approximate surface area is 168 Å². The van der Waals surface area contributed by atoms with Gasteiger partial charge in [0.1, 0.15) is 5.75 Å². The fourth-order valence-electron chi connectivity index (χ4n) is 3.72. The lowest BCUT2D eigenvalue weighted by atomic mass is 10.0. The Hall–Kier alpha value is -2.49. The molecule has 28 heavy (non-hydrogen) atoms. The number of aryl methyl sites for hydroxylation is 1. The molecule has 0 atom stereocenters. The number of benzene rings is 2. The van der Waals surface area contributed by atoms with Crippen LogP contribution in [0.3, 0.4) is 0 Å². The minimum Gasteiger partial charge on any atom is -0.410 e. The average Bonchev–Trinajstić information content (AvgIpc) is 2.72. The first-order valence-electron chi connectivity index (χ1n) is 10.6. The number of hydrogen-bond donors (Lipinski definition) is 1. The van der Waals surface area contributed by atoms with Crippen LogP contribution in [0.25, 0.3) is 0 Å². The predicted octanol–water partition coefficient (Wildman–Crippen LogP) is 5.70. The third-order valence-corrected chi connectivity index (χ3v) is 5.25. The Kier molecular flexibility index (Phi) is 7.77. The summed E-state index contributed by atoms with van der Waals surface area (Å²) in [5, 5.41) is 2.86. The molecule has 3 rings (SSSR count). The summed E-state index contributed by atoms with van der Waals surface area (Å²) in [5.41, 5.74) is 3.80. The molecule has 0 saturated heterocycles. The number of anilines is 1. The van der Waals surface area contributed by atoms with Crippen molar-refractivity contribution < 1.29 is 9.53 Å². The molecule has 0 unspecified atom stereocenters. The SMILES string of the molecule is CCCCCCCNC(=O)Oc1ccc2c(c1)N(Cc1ccccc1)CCC2. The summed E-state index contributed by atoms with van der Waals surface area (Å²) < 4.78 is 5.53. The Balaban J connectivity index is 1.55. The van der Waals surface area contributed by atoms with E-state index in [0.29, 0.717) is 12.3 Å². The van der Waals surface area contributed by atoms with Crippen molar-refractivity contribution in [3.63, 3.8) is 0 Å². The quantitative estimate of drug-likeness (QED) is 0.568. The average molecular weight is 381 g/mol. The van der Waals surface area contributed by atoms with Crippen LogP contribution in [0.2, 0.25) is 0 Å². The first-order valence-corrected chi connectivity index (χ1v) is 10.6. The Morgan fingerprint density at radius 3 is 2.71 bits per heavy atom. The first kappa shape index (κ1) is 20.2. The number of amides is 1. The van der Waals surface area contributed by atoms with Gasteiger partial charge in [-0.1, -0.05) is 69.0 Å². The van der Waals surface area contributed by atoms with Crippen molar-refractivity contribution >= 4 is 11.8 Å². The molecule has 0 spiro atoms. The third-order valence-electron chi connectivity index (χ3n) is 5.25. The predicted molar refractivity (Wildman–Crippen MR) is 115 cm³/mol. The van der Waals surface area contributed by atoms with E-state index < -0.39 is 0 Å². The van der Waals surface area contributed by atoms with Crippen molar-refractivity contribution in [3.8, 4) is 5.75 Å². The van der Waals surface area contributed by atoms with Gasteiger partial charge >= 0.3 is 6.09 Å². The highest BCUT2D eigenvalue weighted by atomic mass is 16.6. The molecule has 1 aliphatic rings. The van der Waals surface area contributed by atoms with E-state index in [1.807, 2.05) is 18.2 Å². The molecule has 2 aromatic carbocycles. The number of hydrogen-bond acceptors (Lipinski definition) is 3. The summed E-state index contributed by atoms with van der Waals surface area (Å²) in [6.45, 7) is 4.78. The molecule has 1 N–H and O–H groups in total. The van der Waals surface area contributed by atoms with Gasteiger partial charge in [-0.2, -0.15) is 0 Å². The molecule has 2 aromatic rings. The van der Waals surface area contributed by atoms with Crippen molar-refractivity contribution in [1.29, 1.82) is 0 Å². The molecule has 0 bridgehead atoms. The highest BCUT2D eigenvalue weighted by Crippen LogP contribution is 2.32. The van der Waals surface area contributed by atoms with Gasteiger partial charge in [0.05, 0.1) is 0 Å². The van der Waals surface area contributed by atoms with E-state index in [9.17, 15) is 4.79 Å². The Bertz CT molecular complexity index is 746. The summed E-state index contributed by atoms with van der Waals surface area (Å²) >= 11 is 0. The second-order valence-corrected chi connectivity index (χ2v) is 7.53. The van der Waals surface area contributed by atoms with E-state index in [-0.39, 0.29) is 6.09 Å². The minimum absolute atomic E-state index is 0.360. The van der Waals surface area contributed by atoms with Crippen molar-refractivity contribution in [3.05, 3.63) is 59.7 Å². The molecule has 1 aliphatic heterocycles. The van der Waals surface area contributed by atoms with Gasteiger partial charge in [-0.05, 0) is 36.5 Å². The number of unbranched alkanes of at least 4 members (excludes halogenated alkanes) is 4. The molecule has 0 saturated carbocycles. The third kappa shape index (κ3) is 6.01. The molecule has 4 nitrogen and oxygen atoms in total. The van der Waals surface area contributed by atoms with Gasteiger partial charge in [-0.25, -0.2) is 4.79 Å². The second-order valence-electron chi connectivity index (χ2n) is 7.53. The highest BCUT2D eigenvalue weighted by molar-refractivity contribution is 5.71. The van der Waals surface area contributed by atoms with Crippen molar-refractivity contribution in [2.45, 2.75) is 58.4 Å². The van der Waals surface area contributed by atoms with E-state index >= 15 is 0 Å². The van der Waals surface area contributed by atoms with Crippen molar-refractivity contribution in [1.82, 2.24) is 5.32 Å². The second kappa shape index (κ2) is 10.7. The molecule has 0 fully saturated rings. The van der Waals surface area contributed by atoms with E-state index in [0.717, 1.165) is 38.8 Å². The largest absolute Gasteiger partial charge is 0.412 e. The minimum atomic E-state index is -0.360. The van der Waals surface area contributed by atoms with Crippen molar-refractivity contribution in [2.24, 2.45) is 0 Å². The van der Waals surface area contributed by atoms with Crippen LogP contribution in [0.5, 0.6) is 5.75 Å². The molecule has 1 heterocycles. The maximum Gasteiger partial charge on any atom is 0.412 e. The van der Waals surface area contributed by atoms with Crippen LogP contribution in [0.1, 0.15) is 56.6 Å². The number of fused-ring (bicyclic) bond motifs is 1. The van der Waals surface area contributed by atoms with Crippen LogP contribution in [-0.4, -0.2) is 19.2 Å². The zero-order valence-corrected chi connectivity index (χ0v) is 17.0. The van der Waals surface area contributed by atoms with Crippen LogP contribution >= 0.6 is 0 Å². The molecule has 150 valence electrons. The molecule has 0 aromatic heterocycles. The van der Waals surface area contributed by atoms with E-state index in [2.05, 4.69) is 47.5 Å². The van der Waals surface area contributed by atoms with Crippen molar-refractivity contribution in [2.75, 3.05) is 18.0 Å². The van der Waals surface area contributed by atoms with E-state index in [1.54, 1.807) is 0 Å². The maximum atomic E-state index is 12.1. The summed E-state index contributed by atoms with van der Waals surface area (Å²) in [7, 11) is 0. The van der Waals surface area contributed by atoms with Crippen LogP contribution in [0.15, 0.2) is 48.5 Å². The van der Waals surface area contributed by atoms with Gasteiger partial charge in [-0.15, -0.1) is 0 Å². The molecule has 0 aliphatic carbocycles.